The number of aliphatic hydroxyl groups is 7. The van der Waals surface area contributed by atoms with Crippen LogP contribution >= 0.6 is 0 Å². The fourth-order valence-electron chi connectivity index (χ4n) is 8.68. The lowest BCUT2D eigenvalue weighted by Crippen LogP contribution is -2.60. The van der Waals surface area contributed by atoms with E-state index in [1.165, 1.54) is 167 Å². The minimum Gasteiger partial charge on any atom is -0.394 e. The number of carbonyl (C=O) groups is 1. The number of aliphatic hydroxyl groups excluding tert-OH is 7. The Labute approximate surface area is 385 Å². The molecule has 1 fully saturated rings. The van der Waals surface area contributed by atoms with Gasteiger partial charge in [-0.2, -0.15) is 0 Å². The second-order valence-electron chi connectivity index (χ2n) is 19.0. The Morgan fingerprint density at radius 2 is 0.937 bits per heavy atom. The third-order valence-electron chi connectivity index (χ3n) is 13.1. The summed E-state index contributed by atoms with van der Waals surface area (Å²) in [6.45, 7) is 3.41. The van der Waals surface area contributed by atoms with Gasteiger partial charge in [-0.3, -0.25) is 4.79 Å². The number of ether oxygens (including phenoxy) is 2. The summed E-state index contributed by atoms with van der Waals surface area (Å²) in [7, 11) is 0. The van der Waals surface area contributed by atoms with E-state index in [9.17, 15) is 40.5 Å². The van der Waals surface area contributed by atoms with Crippen LogP contribution in [0.2, 0.25) is 0 Å². The molecule has 11 nitrogen and oxygen atoms in total. The van der Waals surface area contributed by atoms with Crippen LogP contribution in [0.3, 0.4) is 0 Å². The van der Waals surface area contributed by atoms with Gasteiger partial charge in [-0.15, -0.1) is 0 Å². The standard InChI is InChI=1S/C52H101NO10/c1-3-5-7-9-11-13-14-15-16-17-18-19-20-21-22-23-24-25-26-27-28-29-30-32-33-35-37-39-44(55)47(57)43(42-62-52-50(60)49(59)48(58)46(41-54)63-52)53-51(61)45(56)40-38-36-34-31-12-10-8-6-4-2/h32-33,43-50,52,54-60H,3-31,34-42H2,1-2H3,(H,53,61)/b33-32+. The molecule has 0 aromatic carbocycles. The molecule has 0 spiro atoms. The fraction of sp³-hybridized carbons (Fsp3) is 0.942. The van der Waals surface area contributed by atoms with Crippen molar-refractivity contribution in [2.45, 2.75) is 300 Å². The first-order chi connectivity index (χ1) is 30.7. The molecule has 1 saturated heterocycles. The lowest BCUT2D eigenvalue weighted by Gasteiger charge is -2.40. The molecular weight excluding hydrogens is 799 g/mol. The Bertz CT molecular complexity index is 1030. The molecule has 1 heterocycles. The summed E-state index contributed by atoms with van der Waals surface area (Å²) in [5, 5.41) is 75.6. The molecule has 0 aliphatic carbocycles. The molecule has 9 unspecified atom stereocenters. The summed E-state index contributed by atoms with van der Waals surface area (Å²) in [4.78, 5) is 13.0. The van der Waals surface area contributed by atoms with Gasteiger partial charge in [0.15, 0.2) is 6.29 Å². The molecule has 0 radical (unpaired) electrons. The molecule has 374 valence electrons. The van der Waals surface area contributed by atoms with Crippen LogP contribution in [0.4, 0.5) is 0 Å². The maximum Gasteiger partial charge on any atom is 0.249 e. The molecule has 1 aliphatic rings. The van der Waals surface area contributed by atoms with E-state index < -0.39 is 74.2 Å². The number of hydrogen-bond acceptors (Lipinski definition) is 10. The number of unbranched alkanes of at least 4 members (excludes halogenated alkanes) is 31. The molecule has 0 saturated carbocycles. The first kappa shape index (κ1) is 59.9. The molecule has 63 heavy (non-hydrogen) atoms. The van der Waals surface area contributed by atoms with Crippen molar-refractivity contribution in [3.63, 3.8) is 0 Å². The maximum absolute atomic E-state index is 13.0. The van der Waals surface area contributed by atoms with E-state index in [1.807, 2.05) is 0 Å². The number of amides is 1. The Kier molecular flexibility index (Phi) is 40.1. The largest absolute Gasteiger partial charge is 0.394 e. The van der Waals surface area contributed by atoms with Gasteiger partial charge < -0.3 is 50.5 Å². The Morgan fingerprint density at radius 1 is 0.540 bits per heavy atom. The third-order valence-corrected chi connectivity index (χ3v) is 13.1. The summed E-state index contributed by atoms with van der Waals surface area (Å²) < 4.78 is 11.1. The van der Waals surface area contributed by atoms with Crippen molar-refractivity contribution >= 4 is 5.91 Å². The van der Waals surface area contributed by atoms with E-state index in [2.05, 4.69) is 31.3 Å². The first-order valence-electron chi connectivity index (χ1n) is 26.6. The van der Waals surface area contributed by atoms with E-state index in [0.717, 1.165) is 38.5 Å². The van der Waals surface area contributed by atoms with Gasteiger partial charge in [0.1, 0.15) is 36.6 Å². The van der Waals surface area contributed by atoms with Crippen molar-refractivity contribution in [2.75, 3.05) is 13.2 Å². The van der Waals surface area contributed by atoms with E-state index in [1.54, 1.807) is 0 Å². The zero-order chi connectivity index (χ0) is 46.2. The lowest BCUT2D eigenvalue weighted by atomic mass is 9.98. The maximum atomic E-state index is 13.0. The second-order valence-corrected chi connectivity index (χ2v) is 19.0. The average molecular weight is 900 g/mol. The van der Waals surface area contributed by atoms with Gasteiger partial charge >= 0.3 is 0 Å². The SMILES string of the molecule is CCCCCCCCCCCCCCCCCCCCCCCC/C=C/CCCC(O)C(O)C(COC1OC(CO)C(O)C(O)C1O)NC(=O)C(O)CCCCCCCCCCC. The summed E-state index contributed by atoms with van der Waals surface area (Å²) in [5.41, 5.74) is 0. The van der Waals surface area contributed by atoms with Crippen molar-refractivity contribution in [1.29, 1.82) is 0 Å². The summed E-state index contributed by atoms with van der Waals surface area (Å²) in [5.74, 6) is -0.707. The van der Waals surface area contributed by atoms with Gasteiger partial charge in [0.05, 0.1) is 25.4 Å². The summed E-state index contributed by atoms with van der Waals surface area (Å²) in [6.07, 6.45) is 35.9. The van der Waals surface area contributed by atoms with Crippen LogP contribution in [0.5, 0.6) is 0 Å². The van der Waals surface area contributed by atoms with Gasteiger partial charge in [0.25, 0.3) is 0 Å². The smallest absolute Gasteiger partial charge is 0.249 e. The first-order valence-corrected chi connectivity index (χ1v) is 26.6. The third kappa shape index (κ3) is 31.5. The van der Waals surface area contributed by atoms with Crippen LogP contribution in [0, 0.1) is 0 Å². The molecule has 0 aromatic rings. The number of rotatable bonds is 45. The predicted molar refractivity (Wildman–Crippen MR) is 256 cm³/mol. The molecule has 0 aromatic heterocycles. The van der Waals surface area contributed by atoms with Crippen LogP contribution in [0.25, 0.3) is 0 Å². The van der Waals surface area contributed by atoms with E-state index in [0.29, 0.717) is 12.8 Å². The van der Waals surface area contributed by atoms with E-state index in [-0.39, 0.29) is 12.8 Å². The van der Waals surface area contributed by atoms with Crippen LogP contribution < -0.4 is 5.32 Å². The monoisotopic (exact) mass is 900 g/mol. The van der Waals surface area contributed by atoms with Crippen molar-refractivity contribution in [1.82, 2.24) is 5.32 Å². The minimum absolute atomic E-state index is 0.256. The average Bonchev–Trinajstić information content (AvgIpc) is 3.28. The van der Waals surface area contributed by atoms with Crippen molar-refractivity contribution in [3.8, 4) is 0 Å². The highest BCUT2D eigenvalue weighted by Crippen LogP contribution is 2.23. The van der Waals surface area contributed by atoms with Gasteiger partial charge in [-0.25, -0.2) is 0 Å². The fourth-order valence-corrected chi connectivity index (χ4v) is 8.68. The summed E-state index contributed by atoms with van der Waals surface area (Å²) >= 11 is 0. The molecule has 9 atom stereocenters. The molecular formula is C52H101NO10. The van der Waals surface area contributed by atoms with Crippen LogP contribution in [-0.2, 0) is 14.3 Å². The number of hydrogen-bond donors (Lipinski definition) is 8. The quantitative estimate of drug-likeness (QED) is 0.0216. The van der Waals surface area contributed by atoms with E-state index in [4.69, 9.17) is 9.47 Å². The molecule has 11 heteroatoms. The molecule has 8 N–H and O–H groups in total. The highest BCUT2D eigenvalue weighted by Gasteiger charge is 2.44. The molecule has 1 rings (SSSR count). The zero-order valence-electron chi connectivity index (χ0n) is 40.6. The highest BCUT2D eigenvalue weighted by atomic mass is 16.7. The van der Waals surface area contributed by atoms with Crippen LogP contribution in [0.15, 0.2) is 12.2 Å². The van der Waals surface area contributed by atoms with Crippen LogP contribution in [-0.4, -0.2) is 110 Å². The summed E-state index contributed by atoms with van der Waals surface area (Å²) in [6, 6.07) is -1.18. The van der Waals surface area contributed by atoms with Gasteiger partial charge in [-0.05, 0) is 38.5 Å². The minimum atomic E-state index is -1.66. The second kappa shape index (κ2) is 42.2. The van der Waals surface area contributed by atoms with Gasteiger partial charge in [0.2, 0.25) is 5.91 Å². The predicted octanol–water partition coefficient (Wildman–Crippen LogP) is 10.0. The molecule has 0 bridgehead atoms. The molecule has 1 amide bonds. The Hall–Kier alpha value is -1.15. The van der Waals surface area contributed by atoms with Crippen LogP contribution in [0.1, 0.15) is 245 Å². The van der Waals surface area contributed by atoms with Crippen molar-refractivity contribution in [2.24, 2.45) is 0 Å². The van der Waals surface area contributed by atoms with Crippen molar-refractivity contribution < 1.29 is 50.0 Å². The highest BCUT2D eigenvalue weighted by molar-refractivity contribution is 5.80. The molecule has 1 aliphatic heterocycles. The van der Waals surface area contributed by atoms with Crippen molar-refractivity contribution in [3.05, 3.63) is 12.2 Å². The number of carbonyl (C=O) groups excluding carboxylic acids is 1. The van der Waals surface area contributed by atoms with E-state index >= 15 is 0 Å². The lowest BCUT2D eigenvalue weighted by molar-refractivity contribution is -0.303. The Balaban J connectivity index is 2.27. The zero-order valence-corrected chi connectivity index (χ0v) is 40.6. The topological polar surface area (TPSA) is 189 Å². The normalized spacial score (nSPS) is 21.2. The number of nitrogens with one attached hydrogen (secondary N) is 1. The Morgan fingerprint density at radius 3 is 1.37 bits per heavy atom. The number of allylic oxidation sites excluding steroid dienone is 2. The van der Waals surface area contributed by atoms with Gasteiger partial charge in [0, 0.05) is 0 Å². The van der Waals surface area contributed by atoms with Gasteiger partial charge in [-0.1, -0.05) is 219 Å².